The summed E-state index contributed by atoms with van der Waals surface area (Å²) < 4.78 is 22.4. The van der Waals surface area contributed by atoms with Gasteiger partial charge in [-0.3, -0.25) is 0 Å². The summed E-state index contributed by atoms with van der Waals surface area (Å²) in [5, 5.41) is 13.9. The SMILES string of the molecule is O=C(O)c1cnn2c(C3CCCCCC3)c(-c3ccc(OCc4ccccc4)c(F)c3)cnc12. The number of carbonyl (C=O) groups is 1. The van der Waals surface area contributed by atoms with E-state index in [1.807, 2.05) is 36.4 Å². The Kier molecular flexibility index (Phi) is 6.25. The number of rotatable bonds is 6. The predicted octanol–water partition coefficient (Wildman–Crippen LogP) is 6.25. The second kappa shape index (κ2) is 9.63. The van der Waals surface area contributed by atoms with Crippen molar-refractivity contribution in [3.63, 3.8) is 0 Å². The van der Waals surface area contributed by atoms with Crippen LogP contribution in [0.25, 0.3) is 16.8 Å². The summed E-state index contributed by atoms with van der Waals surface area (Å²) in [6, 6.07) is 14.6. The van der Waals surface area contributed by atoms with Gasteiger partial charge in [0, 0.05) is 17.7 Å². The molecule has 0 aliphatic heterocycles. The number of nitrogens with zero attached hydrogens (tertiary/aromatic N) is 3. The maximum absolute atomic E-state index is 15.1. The molecule has 0 bridgehead atoms. The maximum Gasteiger partial charge on any atom is 0.341 e. The van der Waals surface area contributed by atoms with Gasteiger partial charge in [0.15, 0.2) is 17.2 Å². The van der Waals surface area contributed by atoms with E-state index < -0.39 is 11.8 Å². The highest BCUT2D eigenvalue weighted by atomic mass is 19.1. The quantitative estimate of drug-likeness (QED) is 0.345. The Bertz CT molecular complexity index is 1310. The molecule has 0 atom stereocenters. The fraction of sp³-hybridized carbons (Fsp3) is 0.296. The van der Waals surface area contributed by atoms with Crippen molar-refractivity contribution in [1.82, 2.24) is 14.6 Å². The molecular weight excluding hydrogens is 433 g/mol. The molecule has 4 aromatic rings. The third kappa shape index (κ3) is 4.38. The molecule has 2 aromatic carbocycles. The first-order chi connectivity index (χ1) is 16.6. The van der Waals surface area contributed by atoms with Crippen molar-refractivity contribution in [1.29, 1.82) is 0 Å². The van der Waals surface area contributed by atoms with Crippen LogP contribution in [0.1, 0.15) is 66.1 Å². The molecule has 1 aliphatic carbocycles. The molecule has 1 aliphatic rings. The van der Waals surface area contributed by atoms with Crippen LogP contribution >= 0.6 is 0 Å². The van der Waals surface area contributed by atoms with Crippen LogP contribution in [-0.2, 0) is 6.61 Å². The van der Waals surface area contributed by atoms with Crippen molar-refractivity contribution in [2.45, 2.75) is 51.0 Å². The van der Waals surface area contributed by atoms with E-state index in [1.54, 1.807) is 16.8 Å². The molecule has 7 heteroatoms. The second-order valence-corrected chi connectivity index (χ2v) is 8.76. The van der Waals surface area contributed by atoms with E-state index >= 15 is 4.39 Å². The molecule has 0 saturated heterocycles. The summed E-state index contributed by atoms with van der Waals surface area (Å²) in [5.74, 6) is -1.13. The summed E-state index contributed by atoms with van der Waals surface area (Å²) in [5.41, 5.74) is 3.69. The molecule has 34 heavy (non-hydrogen) atoms. The van der Waals surface area contributed by atoms with Crippen LogP contribution in [0.3, 0.4) is 0 Å². The van der Waals surface area contributed by atoms with E-state index in [0.717, 1.165) is 42.5 Å². The predicted molar refractivity (Wildman–Crippen MR) is 127 cm³/mol. The van der Waals surface area contributed by atoms with Gasteiger partial charge in [-0.05, 0) is 36.1 Å². The summed E-state index contributed by atoms with van der Waals surface area (Å²) in [4.78, 5) is 16.1. The van der Waals surface area contributed by atoms with Crippen LogP contribution in [0, 0.1) is 5.82 Å². The lowest BCUT2D eigenvalue weighted by molar-refractivity contribution is 0.0698. The van der Waals surface area contributed by atoms with Crippen molar-refractivity contribution >= 4 is 11.6 Å². The number of benzene rings is 2. The fourth-order valence-corrected chi connectivity index (χ4v) is 4.79. The van der Waals surface area contributed by atoms with E-state index in [2.05, 4.69) is 10.1 Å². The number of aromatic nitrogens is 3. The van der Waals surface area contributed by atoms with E-state index in [1.165, 1.54) is 25.1 Å². The summed E-state index contributed by atoms with van der Waals surface area (Å²) >= 11 is 0. The fourth-order valence-electron chi connectivity index (χ4n) is 4.79. The highest BCUT2D eigenvalue weighted by Gasteiger charge is 2.25. The summed E-state index contributed by atoms with van der Waals surface area (Å²) in [6.45, 7) is 0.281. The summed E-state index contributed by atoms with van der Waals surface area (Å²) in [6.07, 6.45) is 9.52. The largest absolute Gasteiger partial charge is 0.486 e. The van der Waals surface area contributed by atoms with Crippen LogP contribution in [-0.4, -0.2) is 25.7 Å². The van der Waals surface area contributed by atoms with Gasteiger partial charge in [0.05, 0.1) is 11.9 Å². The van der Waals surface area contributed by atoms with E-state index in [4.69, 9.17) is 4.74 Å². The van der Waals surface area contributed by atoms with Gasteiger partial charge < -0.3 is 9.84 Å². The average Bonchev–Trinajstić information content (AvgIpc) is 3.11. The lowest BCUT2D eigenvalue weighted by Crippen LogP contribution is -2.10. The van der Waals surface area contributed by atoms with E-state index in [0.29, 0.717) is 11.2 Å². The Labute approximate surface area is 197 Å². The lowest BCUT2D eigenvalue weighted by atomic mass is 9.90. The zero-order valence-electron chi connectivity index (χ0n) is 18.8. The third-order valence-corrected chi connectivity index (χ3v) is 6.52. The highest BCUT2D eigenvalue weighted by molar-refractivity contribution is 5.94. The molecule has 1 N–H and O–H groups in total. The summed E-state index contributed by atoms with van der Waals surface area (Å²) in [7, 11) is 0. The van der Waals surface area contributed by atoms with Gasteiger partial charge in [0.2, 0.25) is 0 Å². The van der Waals surface area contributed by atoms with Gasteiger partial charge in [0.1, 0.15) is 12.2 Å². The average molecular weight is 460 g/mol. The Balaban J connectivity index is 1.54. The molecule has 5 rings (SSSR count). The molecule has 0 radical (unpaired) electrons. The standard InChI is InChI=1S/C27H26FN3O3/c28-23-14-20(12-13-24(23)34-17-18-8-4-3-5-9-18)21-15-29-26-22(27(32)33)16-30-31(26)25(21)19-10-6-1-2-7-11-19/h3-5,8-9,12-16,19H,1-2,6-7,10-11,17H2,(H,32,33). The molecule has 0 spiro atoms. The van der Waals surface area contributed by atoms with E-state index in [9.17, 15) is 9.90 Å². The minimum atomic E-state index is -1.06. The number of ether oxygens (including phenoxy) is 1. The number of carboxylic acids is 1. The Morgan fingerprint density at radius 2 is 1.82 bits per heavy atom. The van der Waals surface area contributed by atoms with Crippen molar-refractivity contribution in [3.05, 3.63) is 83.6 Å². The van der Waals surface area contributed by atoms with Gasteiger partial charge in [-0.15, -0.1) is 0 Å². The molecule has 0 unspecified atom stereocenters. The first kappa shape index (κ1) is 22.1. The minimum Gasteiger partial charge on any atom is -0.486 e. The van der Waals surface area contributed by atoms with Crippen LogP contribution in [0.4, 0.5) is 4.39 Å². The van der Waals surface area contributed by atoms with Crippen molar-refractivity contribution in [2.75, 3.05) is 0 Å². The first-order valence-electron chi connectivity index (χ1n) is 11.7. The van der Waals surface area contributed by atoms with Crippen LogP contribution in [0.2, 0.25) is 0 Å². The number of hydrogen-bond donors (Lipinski definition) is 1. The number of halogens is 1. The molecule has 1 saturated carbocycles. The first-order valence-corrected chi connectivity index (χ1v) is 11.7. The number of carboxylic acid groups (broad SMARTS) is 1. The zero-order chi connectivity index (χ0) is 23.5. The normalized spacial score (nSPS) is 14.7. The topological polar surface area (TPSA) is 76.7 Å². The van der Waals surface area contributed by atoms with Gasteiger partial charge in [0.25, 0.3) is 0 Å². The molecule has 0 amide bonds. The van der Waals surface area contributed by atoms with Gasteiger partial charge in [-0.25, -0.2) is 18.7 Å². The van der Waals surface area contributed by atoms with Crippen molar-refractivity contribution < 1.29 is 19.0 Å². The minimum absolute atomic E-state index is 0.0669. The molecule has 2 heterocycles. The van der Waals surface area contributed by atoms with E-state index in [-0.39, 0.29) is 23.8 Å². The number of hydrogen-bond acceptors (Lipinski definition) is 4. The van der Waals surface area contributed by atoms with Gasteiger partial charge >= 0.3 is 5.97 Å². The molecule has 1 fully saturated rings. The maximum atomic E-state index is 15.1. The molecular formula is C27H26FN3O3. The number of aromatic carboxylic acids is 1. The lowest BCUT2D eigenvalue weighted by Gasteiger charge is -2.20. The Morgan fingerprint density at radius 1 is 1.06 bits per heavy atom. The molecule has 6 nitrogen and oxygen atoms in total. The van der Waals surface area contributed by atoms with Crippen LogP contribution in [0.5, 0.6) is 5.75 Å². The smallest absolute Gasteiger partial charge is 0.341 e. The van der Waals surface area contributed by atoms with Crippen LogP contribution < -0.4 is 4.74 Å². The third-order valence-electron chi connectivity index (χ3n) is 6.52. The molecule has 174 valence electrons. The molecule has 2 aromatic heterocycles. The Hall–Kier alpha value is -3.74. The van der Waals surface area contributed by atoms with Gasteiger partial charge in [-0.1, -0.05) is 62.1 Å². The highest BCUT2D eigenvalue weighted by Crippen LogP contribution is 2.38. The number of fused-ring (bicyclic) bond motifs is 1. The van der Waals surface area contributed by atoms with Gasteiger partial charge in [-0.2, -0.15) is 5.10 Å². The monoisotopic (exact) mass is 459 g/mol. The Morgan fingerprint density at radius 3 is 2.53 bits per heavy atom. The van der Waals surface area contributed by atoms with Crippen molar-refractivity contribution in [3.8, 4) is 16.9 Å². The van der Waals surface area contributed by atoms with Crippen molar-refractivity contribution in [2.24, 2.45) is 0 Å². The van der Waals surface area contributed by atoms with Crippen LogP contribution in [0.15, 0.2) is 60.9 Å². The second-order valence-electron chi connectivity index (χ2n) is 8.76. The zero-order valence-corrected chi connectivity index (χ0v) is 18.8.